The van der Waals surface area contributed by atoms with Gasteiger partial charge in [0.05, 0.1) is 51.8 Å². The molecule has 2 amide bonds. The van der Waals surface area contributed by atoms with Crippen LogP contribution >= 0.6 is 22.9 Å². The maximum atomic E-state index is 14.3. The van der Waals surface area contributed by atoms with Gasteiger partial charge >= 0.3 is 0 Å². The number of piperidine rings is 1. The molecule has 1 saturated carbocycles. The molecule has 1 aliphatic carbocycles. The number of hydrogen-bond donors (Lipinski definition) is 4. The number of phenolic OH excluding ortho intramolecular Hbond substituents is 1. The molecule has 5 N–H and O–H groups in total. The fourth-order valence-electron chi connectivity index (χ4n) is 12.0. The quantitative estimate of drug-likeness (QED) is 0.0643. The maximum Gasteiger partial charge on any atom is 0.273 e. The van der Waals surface area contributed by atoms with Crippen LogP contribution < -0.4 is 30.3 Å². The Morgan fingerprint density at radius 3 is 2.40 bits per heavy atom. The Morgan fingerprint density at radius 1 is 0.923 bits per heavy atom. The highest BCUT2D eigenvalue weighted by molar-refractivity contribution is 7.13. The number of rotatable bonds is 18. The van der Waals surface area contributed by atoms with Gasteiger partial charge in [0.15, 0.2) is 11.6 Å². The van der Waals surface area contributed by atoms with Crippen LogP contribution in [0.4, 0.5) is 17.2 Å². The van der Waals surface area contributed by atoms with Gasteiger partial charge in [0.2, 0.25) is 17.7 Å². The van der Waals surface area contributed by atoms with Crippen LogP contribution in [0.1, 0.15) is 94.7 Å². The number of fused-ring (bicyclic) bond motifs is 2. The number of likely N-dealkylation sites (tertiary alicyclic amines) is 2. The number of nitrogen functional groups attached to an aromatic ring is 1. The van der Waals surface area contributed by atoms with Gasteiger partial charge in [0.1, 0.15) is 35.4 Å². The van der Waals surface area contributed by atoms with Gasteiger partial charge in [-0.2, -0.15) is 0 Å². The fourth-order valence-corrected chi connectivity index (χ4v) is 13.0. The molecule has 2 bridgehead atoms. The summed E-state index contributed by atoms with van der Waals surface area (Å²) in [6.07, 6.45) is 7.01. The average molecular weight is 1100 g/mol. The summed E-state index contributed by atoms with van der Waals surface area (Å²) < 4.78 is 24.8. The summed E-state index contributed by atoms with van der Waals surface area (Å²) >= 11 is 8.44. The number of carbonyl (C=O) groups excluding carboxylic acids is 2. The molecule has 2 unspecified atom stereocenters. The summed E-state index contributed by atoms with van der Waals surface area (Å²) in [6.45, 7) is 11.9. The van der Waals surface area contributed by atoms with Crippen LogP contribution in [0, 0.1) is 12.8 Å². The largest absolute Gasteiger partial charge is 0.507 e. The van der Waals surface area contributed by atoms with Crippen molar-refractivity contribution in [1.29, 1.82) is 0 Å². The summed E-state index contributed by atoms with van der Waals surface area (Å²) in [5, 5.41) is 37.1. The monoisotopic (exact) mass is 1100 g/mol. The van der Waals surface area contributed by atoms with E-state index in [4.69, 9.17) is 36.1 Å². The van der Waals surface area contributed by atoms with E-state index in [1.54, 1.807) is 23.5 Å². The molecule has 0 radical (unpaired) electrons. The topological polar surface area (TPSA) is 231 Å². The number of β-amino-alcohol motifs (C(OH)–C–C–N with tert-alkyl or cyclic N) is 1. The molecule has 4 aromatic heterocycles. The second-order valence-corrected chi connectivity index (χ2v) is 23.1. The first kappa shape index (κ1) is 53.4. The molecule has 5 aliphatic rings. The third-order valence-electron chi connectivity index (χ3n) is 16.2. The SMILES string of the molecule is Cc1ncsc1-c1ccc([C@H](C)NC(=O)[C@@H]2C[C@@H](O)CN2C(=O)[C@@H](c2onc(OCCN3CCC(OC4CC(Oc5cc(N6C7CCC6CN(c6cc(-c8ccccc8O)nnc6N)C7)ccn5)C4)CC3)c2Cl)C(C)C)cc1. The number of aliphatic hydroxyl groups excluding tert-OH is 1. The average Bonchev–Trinajstić information content (AvgIpc) is 4.26. The van der Waals surface area contributed by atoms with Crippen molar-refractivity contribution in [3.8, 4) is 39.2 Å². The van der Waals surface area contributed by atoms with Gasteiger partial charge in [-0.1, -0.05) is 61.8 Å². The van der Waals surface area contributed by atoms with E-state index in [9.17, 15) is 19.8 Å². The van der Waals surface area contributed by atoms with Gasteiger partial charge in [-0.05, 0) is 86.0 Å². The molecule has 8 heterocycles. The Morgan fingerprint density at radius 2 is 1.68 bits per heavy atom. The number of nitrogens with one attached hydrogen (secondary N) is 1. The third-order valence-corrected chi connectivity index (χ3v) is 17.5. The normalized spacial score (nSPS) is 23.3. The molecular formula is C57H68ClN11O8S. The lowest BCUT2D eigenvalue weighted by molar-refractivity contribution is -0.141. The van der Waals surface area contributed by atoms with Crippen molar-refractivity contribution >= 4 is 51.9 Å². The van der Waals surface area contributed by atoms with Crippen molar-refractivity contribution in [2.45, 2.75) is 127 Å². The van der Waals surface area contributed by atoms with Crippen LogP contribution in [-0.2, 0) is 14.3 Å². The lowest BCUT2D eigenvalue weighted by atomic mass is 9.91. The predicted molar refractivity (Wildman–Crippen MR) is 297 cm³/mol. The first-order valence-electron chi connectivity index (χ1n) is 27.3. The minimum absolute atomic E-state index is 0.00881. The number of nitrogens with two attached hydrogens (primary N) is 1. The van der Waals surface area contributed by atoms with Crippen LogP contribution in [0.5, 0.6) is 17.5 Å². The van der Waals surface area contributed by atoms with E-state index in [1.807, 2.05) is 81.9 Å². The third kappa shape index (κ3) is 11.3. The lowest BCUT2D eigenvalue weighted by Crippen LogP contribution is -2.54. The molecule has 2 aromatic carbocycles. The number of halogens is 1. The Kier molecular flexibility index (Phi) is 15.8. The summed E-state index contributed by atoms with van der Waals surface area (Å²) in [7, 11) is 0. The summed E-state index contributed by atoms with van der Waals surface area (Å²) in [5.41, 5.74) is 14.3. The highest BCUT2D eigenvalue weighted by Gasteiger charge is 2.45. The van der Waals surface area contributed by atoms with Crippen LogP contribution in [0.25, 0.3) is 21.7 Å². The van der Waals surface area contributed by atoms with Gasteiger partial charge in [-0.3, -0.25) is 14.5 Å². The smallest absolute Gasteiger partial charge is 0.273 e. The Balaban J connectivity index is 0.610. The number of ether oxygens (including phenoxy) is 3. The zero-order chi connectivity index (χ0) is 54.2. The number of phenols is 1. The zero-order valence-electron chi connectivity index (χ0n) is 44.4. The number of hydrogen-bond acceptors (Lipinski definition) is 18. The number of pyridine rings is 1. The van der Waals surface area contributed by atoms with Crippen molar-refractivity contribution < 1.29 is 38.5 Å². The number of aromatic hydroxyl groups is 1. The molecule has 21 heteroatoms. The molecule has 4 saturated heterocycles. The fraction of sp³-hybridized carbons (Fsp3) is 0.491. The highest BCUT2D eigenvalue weighted by atomic mass is 35.5. The second-order valence-electron chi connectivity index (χ2n) is 21.8. The van der Waals surface area contributed by atoms with Crippen molar-refractivity contribution in [3.63, 3.8) is 0 Å². The lowest BCUT2D eigenvalue weighted by Gasteiger charge is -2.43. The van der Waals surface area contributed by atoms with Gasteiger partial charge in [0, 0.05) is 94.1 Å². The number of benzene rings is 2. The minimum Gasteiger partial charge on any atom is -0.507 e. The Labute approximate surface area is 463 Å². The van der Waals surface area contributed by atoms with E-state index in [2.05, 4.69) is 57.5 Å². The molecule has 5 fully saturated rings. The Hall–Kier alpha value is -6.58. The molecular weight excluding hydrogens is 1030 g/mol. The van der Waals surface area contributed by atoms with Crippen LogP contribution in [0.2, 0.25) is 5.02 Å². The van der Waals surface area contributed by atoms with Crippen molar-refractivity contribution in [2.24, 2.45) is 5.92 Å². The van der Waals surface area contributed by atoms with Crippen molar-refractivity contribution in [3.05, 3.63) is 100 Å². The van der Waals surface area contributed by atoms with Gasteiger partial charge in [-0.25, -0.2) is 9.97 Å². The first-order valence-corrected chi connectivity index (χ1v) is 28.5. The van der Waals surface area contributed by atoms with E-state index in [-0.39, 0.29) is 89.5 Å². The zero-order valence-corrected chi connectivity index (χ0v) is 46.0. The maximum absolute atomic E-state index is 14.3. The number of carbonyl (C=O) groups is 2. The number of aromatic nitrogens is 5. The summed E-state index contributed by atoms with van der Waals surface area (Å²) in [5.74, 6) is -0.388. The molecule has 412 valence electrons. The number of para-hydroxylation sites is 1. The number of amides is 2. The van der Waals surface area contributed by atoms with Crippen molar-refractivity contribution in [2.75, 3.05) is 61.4 Å². The molecule has 0 spiro atoms. The highest BCUT2D eigenvalue weighted by Crippen LogP contribution is 2.42. The number of thiazole rings is 1. The van der Waals surface area contributed by atoms with E-state index in [0.29, 0.717) is 36.1 Å². The molecule has 11 rings (SSSR count). The van der Waals surface area contributed by atoms with E-state index < -0.39 is 18.1 Å². The number of piperazine rings is 1. The number of anilines is 3. The molecule has 6 aromatic rings. The molecule has 4 aliphatic heterocycles. The first-order chi connectivity index (χ1) is 37.7. The molecule has 6 atom stereocenters. The van der Waals surface area contributed by atoms with Crippen molar-refractivity contribution in [1.82, 2.24) is 40.4 Å². The summed E-state index contributed by atoms with van der Waals surface area (Å²) in [4.78, 5) is 46.8. The summed E-state index contributed by atoms with van der Waals surface area (Å²) in [6, 6.07) is 20.6. The minimum atomic E-state index is -0.877. The molecule has 19 nitrogen and oxygen atoms in total. The Bertz CT molecular complexity index is 3060. The predicted octanol–water partition coefficient (Wildman–Crippen LogP) is 7.81. The molecule has 78 heavy (non-hydrogen) atoms. The number of aliphatic hydroxyl groups is 1. The second kappa shape index (κ2) is 23.0. The van der Waals surface area contributed by atoms with Crippen LogP contribution in [0.3, 0.4) is 0 Å². The standard InChI is InChI=1S/C57H68ClN11O8S/c1-32(2)50(57(73)68-30-40(70)24-47(68)55(72)62-33(3)35-9-11-36(12-10-35)53-34(4)61-31-78-53)52-51(58)56(65-77-52)74-22-21-66-19-16-41(17-20-66)75-42-25-43(26-42)76-49-23-37(15-18-60-49)69-38-13-14-39(69)29-67(28-38)46-27-45(63-64-54(46)59)44-7-5-6-8-48(44)71/h5-12,15,18,23,27,31-33,38-43,47,50,70-71H,13-14,16-17,19-22,24-26,28-30H2,1-4H3,(H2,59,64)(H,62,72)/t33-,38?,39?,40+,42?,43?,47-,50+/m0/s1. The van der Waals surface area contributed by atoms with Gasteiger partial charge in [-0.15, -0.1) is 21.5 Å². The van der Waals surface area contributed by atoms with Gasteiger partial charge < -0.3 is 54.7 Å². The van der Waals surface area contributed by atoms with Gasteiger partial charge in [0.25, 0.3) is 5.88 Å². The van der Waals surface area contributed by atoms with E-state index >= 15 is 0 Å². The number of nitrogens with zero attached hydrogens (tertiary/aromatic N) is 9. The number of aryl methyl sites for hydroxylation is 1. The van der Waals surface area contributed by atoms with E-state index in [1.165, 1.54) is 4.90 Å². The van der Waals surface area contributed by atoms with Crippen LogP contribution in [0.15, 0.2) is 83.0 Å². The van der Waals surface area contributed by atoms with Crippen LogP contribution in [-0.4, -0.2) is 146 Å². The van der Waals surface area contributed by atoms with E-state index in [0.717, 1.165) is 97.8 Å².